The van der Waals surface area contributed by atoms with Gasteiger partial charge < -0.3 is 15.8 Å². The van der Waals surface area contributed by atoms with Crippen molar-refractivity contribution in [3.05, 3.63) is 29.3 Å². The van der Waals surface area contributed by atoms with Gasteiger partial charge in [0.15, 0.2) is 5.96 Å². The first-order valence-corrected chi connectivity index (χ1v) is 7.84. The van der Waals surface area contributed by atoms with Crippen molar-refractivity contribution in [2.45, 2.75) is 44.6 Å². The summed E-state index contributed by atoms with van der Waals surface area (Å²) in [5.74, 6) is 1.09. The summed E-state index contributed by atoms with van der Waals surface area (Å²) >= 11 is 0. The first-order chi connectivity index (χ1) is 10.1. The zero-order valence-corrected chi connectivity index (χ0v) is 15.7. The number of fused-ring (bicyclic) bond motifs is 1. The molecule has 0 spiro atoms. The number of hydrogen-bond donors (Lipinski definition) is 2. The zero-order valence-electron chi connectivity index (χ0n) is 13.4. The third-order valence-electron chi connectivity index (χ3n) is 4.84. The Hall–Kier alpha value is -0.820. The molecule has 0 aromatic heterocycles. The van der Waals surface area contributed by atoms with Crippen LogP contribution in [-0.2, 0) is 17.6 Å². The Balaban J connectivity index is 0.00000176. The van der Waals surface area contributed by atoms with Crippen LogP contribution < -0.4 is 11.1 Å². The van der Waals surface area contributed by atoms with E-state index in [4.69, 9.17) is 10.5 Å². The number of aryl methyl sites for hydroxylation is 2. The molecule has 1 unspecified atom stereocenters. The number of halogens is 1. The van der Waals surface area contributed by atoms with Crippen molar-refractivity contribution < 1.29 is 4.74 Å². The molecule has 1 fully saturated rings. The number of hydrogen-bond acceptors (Lipinski definition) is 2. The molecule has 0 bridgehead atoms. The number of benzene rings is 1. The minimum absolute atomic E-state index is 0. The highest BCUT2D eigenvalue weighted by atomic mass is 127. The molecular weight excluding hydrogens is 389 g/mol. The van der Waals surface area contributed by atoms with Gasteiger partial charge in [-0.1, -0.05) is 6.07 Å². The van der Waals surface area contributed by atoms with Crippen LogP contribution in [-0.4, -0.2) is 25.2 Å². The summed E-state index contributed by atoms with van der Waals surface area (Å²) in [4.78, 5) is 4.48. The summed E-state index contributed by atoms with van der Waals surface area (Å²) in [7, 11) is 1.76. The molecule has 5 heteroatoms. The summed E-state index contributed by atoms with van der Waals surface area (Å²) in [6.45, 7) is 2.73. The average molecular weight is 415 g/mol. The maximum Gasteiger partial charge on any atom is 0.193 e. The second-order valence-corrected chi connectivity index (χ2v) is 6.45. The van der Waals surface area contributed by atoms with Gasteiger partial charge in [0.05, 0.1) is 12.1 Å². The predicted molar refractivity (Wildman–Crippen MR) is 102 cm³/mol. The molecule has 3 rings (SSSR count). The van der Waals surface area contributed by atoms with Gasteiger partial charge in [0.1, 0.15) is 0 Å². The van der Waals surface area contributed by atoms with Gasteiger partial charge in [-0.25, -0.2) is 0 Å². The third-order valence-corrected chi connectivity index (χ3v) is 4.84. The lowest BCUT2D eigenvalue weighted by molar-refractivity contribution is -0.00467. The molecule has 2 aliphatic rings. The van der Waals surface area contributed by atoms with Gasteiger partial charge in [0.25, 0.3) is 0 Å². The number of nitrogens with one attached hydrogen (secondary N) is 1. The highest BCUT2D eigenvalue weighted by Gasteiger charge is 2.41. The van der Waals surface area contributed by atoms with E-state index in [1.807, 2.05) is 0 Å². The number of aliphatic imine (C=N–C) groups is 1. The van der Waals surface area contributed by atoms with Crippen molar-refractivity contribution in [3.63, 3.8) is 0 Å². The highest BCUT2D eigenvalue weighted by molar-refractivity contribution is 14.0. The Morgan fingerprint density at radius 3 is 2.77 bits per heavy atom. The zero-order chi connectivity index (χ0) is 14.9. The van der Waals surface area contributed by atoms with E-state index in [0.29, 0.717) is 18.4 Å². The number of anilines is 1. The molecule has 0 radical (unpaired) electrons. The van der Waals surface area contributed by atoms with Crippen molar-refractivity contribution in [1.29, 1.82) is 0 Å². The summed E-state index contributed by atoms with van der Waals surface area (Å²) < 4.78 is 5.63. The number of methoxy groups -OCH3 is 1. The van der Waals surface area contributed by atoms with E-state index in [0.717, 1.165) is 5.69 Å². The molecule has 1 saturated carbocycles. The Bertz CT molecular complexity index is 557. The lowest BCUT2D eigenvalue weighted by Gasteiger charge is -2.26. The van der Waals surface area contributed by atoms with Crippen LogP contribution in [0.3, 0.4) is 0 Å². The number of guanidine groups is 1. The van der Waals surface area contributed by atoms with Gasteiger partial charge >= 0.3 is 0 Å². The second kappa shape index (κ2) is 7.17. The van der Waals surface area contributed by atoms with Crippen molar-refractivity contribution in [3.8, 4) is 0 Å². The average Bonchev–Trinajstić information content (AvgIpc) is 3.24. The lowest BCUT2D eigenvalue weighted by Crippen LogP contribution is -2.35. The molecular formula is C17H26IN3O. The first kappa shape index (κ1) is 17.5. The number of nitrogens with zero attached hydrogens (tertiary/aromatic N) is 1. The number of ether oxygens (including phenoxy) is 1. The Morgan fingerprint density at radius 2 is 2.09 bits per heavy atom. The minimum atomic E-state index is -0.176. The predicted octanol–water partition coefficient (Wildman–Crippen LogP) is 3.34. The molecule has 1 atom stereocenters. The standard InChI is InChI=1S/C17H25N3O.HI/c1-17(21-2,14-7-8-14)11-19-16(18)20-15-9-6-12-4-3-5-13(12)10-15;/h6,9-10,14H,3-5,7-8,11H2,1-2H3,(H3,18,19,20);1H. The first-order valence-electron chi connectivity index (χ1n) is 7.84. The fraction of sp³-hybridized carbons (Fsp3) is 0.588. The second-order valence-electron chi connectivity index (χ2n) is 6.45. The van der Waals surface area contributed by atoms with Crippen LogP contribution in [0.15, 0.2) is 23.2 Å². The van der Waals surface area contributed by atoms with Crippen molar-refractivity contribution in [2.24, 2.45) is 16.6 Å². The Morgan fingerprint density at radius 1 is 1.36 bits per heavy atom. The van der Waals surface area contributed by atoms with E-state index >= 15 is 0 Å². The molecule has 0 aliphatic heterocycles. The summed E-state index contributed by atoms with van der Waals surface area (Å²) in [6, 6.07) is 6.48. The van der Waals surface area contributed by atoms with Crippen molar-refractivity contribution in [2.75, 3.05) is 19.0 Å². The van der Waals surface area contributed by atoms with Crippen LogP contribution in [0, 0.1) is 5.92 Å². The normalized spacial score (nSPS) is 20.0. The monoisotopic (exact) mass is 415 g/mol. The smallest absolute Gasteiger partial charge is 0.193 e. The van der Waals surface area contributed by atoms with E-state index in [9.17, 15) is 0 Å². The van der Waals surface area contributed by atoms with Crippen molar-refractivity contribution >= 4 is 35.6 Å². The molecule has 22 heavy (non-hydrogen) atoms. The van der Waals surface area contributed by atoms with Crippen LogP contribution in [0.25, 0.3) is 0 Å². The molecule has 122 valence electrons. The fourth-order valence-corrected chi connectivity index (χ4v) is 3.13. The van der Waals surface area contributed by atoms with E-state index < -0.39 is 0 Å². The number of rotatable bonds is 5. The van der Waals surface area contributed by atoms with Gasteiger partial charge in [-0.15, -0.1) is 24.0 Å². The Kier molecular flexibility index (Phi) is 5.71. The molecule has 1 aromatic carbocycles. The van der Waals surface area contributed by atoms with Crippen LogP contribution in [0.2, 0.25) is 0 Å². The molecule has 0 saturated heterocycles. The molecule has 0 heterocycles. The molecule has 1 aromatic rings. The van der Waals surface area contributed by atoms with Crippen LogP contribution in [0.1, 0.15) is 37.3 Å². The van der Waals surface area contributed by atoms with Gasteiger partial charge in [0.2, 0.25) is 0 Å². The molecule has 4 nitrogen and oxygen atoms in total. The topological polar surface area (TPSA) is 59.6 Å². The lowest BCUT2D eigenvalue weighted by atomic mass is 10.0. The SMILES string of the molecule is COC(C)(CN=C(N)Nc1ccc2c(c1)CCC2)C1CC1.I. The van der Waals surface area contributed by atoms with E-state index in [1.165, 1.54) is 43.2 Å². The van der Waals surface area contributed by atoms with E-state index in [-0.39, 0.29) is 29.6 Å². The molecule has 2 aliphatic carbocycles. The van der Waals surface area contributed by atoms with Crippen LogP contribution in [0.5, 0.6) is 0 Å². The van der Waals surface area contributed by atoms with Crippen LogP contribution >= 0.6 is 24.0 Å². The van der Waals surface area contributed by atoms with E-state index in [1.54, 1.807) is 7.11 Å². The highest BCUT2D eigenvalue weighted by Crippen LogP contribution is 2.41. The number of nitrogens with two attached hydrogens (primary N) is 1. The Labute approximate surface area is 149 Å². The third kappa shape index (κ3) is 3.93. The van der Waals surface area contributed by atoms with Gasteiger partial charge in [-0.3, -0.25) is 4.99 Å². The fourth-order valence-electron chi connectivity index (χ4n) is 3.13. The minimum Gasteiger partial charge on any atom is -0.376 e. The maximum atomic E-state index is 6.02. The maximum absolute atomic E-state index is 6.02. The molecule has 0 amide bonds. The largest absolute Gasteiger partial charge is 0.376 e. The van der Waals surface area contributed by atoms with Gasteiger partial charge in [-0.05, 0) is 68.2 Å². The van der Waals surface area contributed by atoms with Gasteiger partial charge in [0, 0.05) is 12.8 Å². The van der Waals surface area contributed by atoms with Crippen LogP contribution in [0.4, 0.5) is 5.69 Å². The summed E-state index contributed by atoms with van der Waals surface area (Å²) in [6.07, 6.45) is 6.10. The quantitative estimate of drug-likeness (QED) is 0.441. The van der Waals surface area contributed by atoms with Crippen molar-refractivity contribution in [1.82, 2.24) is 0 Å². The molecule has 3 N–H and O–H groups in total. The summed E-state index contributed by atoms with van der Waals surface area (Å²) in [5, 5.41) is 3.20. The van der Waals surface area contributed by atoms with E-state index in [2.05, 4.69) is 35.4 Å². The van der Waals surface area contributed by atoms with Gasteiger partial charge in [-0.2, -0.15) is 0 Å². The summed E-state index contributed by atoms with van der Waals surface area (Å²) in [5.41, 5.74) is 9.78.